The zero-order valence-corrected chi connectivity index (χ0v) is 8.57. The molecule has 1 aromatic rings. The summed E-state index contributed by atoms with van der Waals surface area (Å²) in [6, 6.07) is 1.67. The van der Waals surface area contributed by atoms with Crippen molar-refractivity contribution in [3.8, 4) is 0 Å². The summed E-state index contributed by atoms with van der Waals surface area (Å²) < 4.78 is 0. The van der Waals surface area contributed by atoms with Crippen LogP contribution in [-0.2, 0) is 0 Å². The van der Waals surface area contributed by atoms with Crippen molar-refractivity contribution in [1.29, 1.82) is 0 Å². The number of ketones is 1. The number of nitrogens with zero attached hydrogens (tertiary/aromatic N) is 1. The number of nitrogens with one attached hydrogen (secondary N) is 1. The van der Waals surface area contributed by atoms with E-state index in [1.54, 1.807) is 18.5 Å². The number of carbonyl (C=O) groups is 1. The van der Waals surface area contributed by atoms with E-state index in [1.165, 1.54) is 0 Å². The van der Waals surface area contributed by atoms with Gasteiger partial charge in [-0.05, 0) is 31.5 Å². The lowest BCUT2D eigenvalue weighted by Crippen LogP contribution is -2.14. The van der Waals surface area contributed by atoms with Gasteiger partial charge in [-0.1, -0.05) is 0 Å². The first-order valence-corrected chi connectivity index (χ1v) is 5.21. The molecule has 80 valence electrons. The minimum absolute atomic E-state index is 0.106. The van der Waals surface area contributed by atoms with Crippen LogP contribution in [0.3, 0.4) is 0 Å². The van der Waals surface area contributed by atoms with Crippen molar-refractivity contribution in [2.75, 3.05) is 18.8 Å². The van der Waals surface area contributed by atoms with Gasteiger partial charge in [0.25, 0.3) is 0 Å². The SMILES string of the molecule is Nc1ccncc1C(=O)CC1CCNC1. The van der Waals surface area contributed by atoms with Gasteiger partial charge in [0.15, 0.2) is 5.78 Å². The van der Waals surface area contributed by atoms with Crippen molar-refractivity contribution in [2.45, 2.75) is 12.8 Å². The molecule has 15 heavy (non-hydrogen) atoms. The maximum absolute atomic E-state index is 11.9. The number of pyridine rings is 1. The standard InChI is InChI=1S/C11H15N3O/c12-10-2-4-14-7-9(10)11(15)5-8-1-3-13-6-8/h2,4,7-8,13H,1,3,5-6H2,(H2,12,14). The maximum Gasteiger partial charge on any atom is 0.166 e. The molecule has 2 rings (SSSR count). The van der Waals surface area contributed by atoms with Gasteiger partial charge in [-0.15, -0.1) is 0 Å². The summed E-state index contributed by atoms with van der Waals surface area (Å²) in [6.45, 7) is 1.95. The zero-order chi connectivity index (χ0) is 10.7. The third kappa shape index (κ3) is 2.33. The van der Waals surface area contributed by atoms with E-state index in [2.05, 4.69) is 10.3 Å². The van der Waals surface area contributed by atoms with Crippen molar-refractivity contribution in [3.05, 3.63) is 24.0 Å². The lowest BCUT2D eigenvalue weighted by atomic mass is 9.98. The van der Waals surface area contributed by atoms with Gasteiger partial charge in [-0.25, -0.2) is 0 Å². The minimum Gasteiger partial charge on any atom is -0.398 e. The molecule has 0 saturated carbocycles. The predicted molar refractivity (Wildman–Crippen MR) is 58.6 cm³/mol. The maximum atomic E-state index is 11.9. The molecule has 0 aromatic carbocycles. The largest absolute Gasteiger partial charge is 0.398 e. The van der Waals surface area contributed by atoms with E-state index >= 15 is 0 Å². The molecular weight excluding hydrogens is 190 g/mol. The molecule has 1 aliphatic heterocycles. The van der Waals surface area contributed by atoms with E-state index in [1.807, 2.05) is 0 Å². The molecule has 4 heteroatoms. The number of Topliss-reactive ketones (excluding diaryl/α,β-unsaturated/α-hetero) is 1. The molecule has 0 radical (unpaired) electrons. The second kappa shape index (κ2) is 4.40. The lowest BCUT2D eigenvalue weighted by Gasteiger charge is -2.08. The second-order valence-electron chi connectivity index (χ2n) is 3.95. The molecule has 1 fully saturated rings. The van der Waals surface area contributed by atoms with E-state index in [9.17, 15) is 4.79 Å². The van der Waals surface area contributed by atoms with E-state index in [0.717, 1.165) is 19.5 Å². The van der Waals surface area contributed by atoms with Gasteiger partial charge in [0.05, 0.1) is 5.56 Å². The van der Waals surface area contributed by atoms with Crippen LogP contribution in [0, 0.1) is 5.92 Å². The number of aromatic nitrogens is 1. The average Bonchev–Trinajstić information content (AvgIpc) is 2.71. The molecule has 1 saturated heterocycles. The Labute approximate surface area is 88.9 Å². The number of nitrogens with two attached hydrogens (primary N) is 1. The van der Waals surface area contributed by atoms with Crippen molar-refractivity contribution < 1.29 is 4.79 Å². The smallest absolute Gasteiger partial charge is 0.166 e. The summed E-state index contributed by atoms with van der Waals surface area (Å²) in [6.07, 6.45) is 4.80. The molecule has 2 heterocycles. The predicted octanol–water partition coefficient (Wildman–Crippen LogP) is 0.846. The Balaban J connectivity index is 2.04. The Bertz CT molecular complexity index is 359. The number of hydrogen-bond donors (Lipinski definition) is 2. The molecule has 0 amide bonds. The van der Waals surface area contributed by atoms with Crippen LogP contribution in [0.1, 0.15) is 23.2 Å². The number of carbonyl (C=O) groups excluding carboxylic acids is 1. The first kappa shape index (κ1) is 10.1. The summed E-state index contributed by atoms with van der Waals surface area (Å²) >= 11 is 0. The quantitative estimate of drug-likeness (QED) is 0.718. The number of anilines is 1. The van der Waals surface area contributed by atoms with E-state index < -0.39 is 0 Å². The van der Waals surface area contributed by atoms with Crippen LogP contribution < -0.4 is 11.1 Å². The van der Waals surface area contributed by atoms with Crippen molar-refractivity contribution in [1.82, 2.24) is 10.3 Å². The molecule has 1 unspecified atom stereocenters. The summed E-state index contributed by atoms with van der Waals surface area (Å²) in [5, 5.41) is 3.24. The number of rotatable bonds is 3. The number of nitrogen functional groups attached to an aromatic ring is 1. The minimum atomic E-state index is 0.106. The van der Waals surface area contributed by atoms with Crippen LogP contribution in [-0.4, -0.2) is 23.9 Å². The van der Waals surface area contributed by atoms with Gasteiger partial charge in [0.2, 0.25) is 0 Å². The molecular formula is C11H15N3O. The van der Waals surface area contributed by atoms with Crippen LogP contribution in [0.15, 0.2) is 18.5 Å². The number of hydrogen-bond acceptors (Lipinski definition) is 4. The third-order valence-corrected chi connectivity index (χ3v) is 2.79. The van der Waals surface area contributed by atoms with Gasteiger partial charge in [-0.3, -0.25) is 9.78 Å². The molecule has 0 bridgehead atoms. The topological polar surface area (TPSA) is 68.0 Å². The molecule has 1 aliphatic rings. The summed E-state index contributed by atoms with van der Waals surface area (Å²) in [4.78, 5) is 15.8. The van der Waals surface area contributed by atoms with E-state index in [-0.39, 0.29) is 5.78 Å². The summed E-state index contributed by atoms with van der Waals surface area (Å²) in [7, 11) is 0. The second-order valence-corrected chi connectivity index (χ2v) is 3.95. The molecule has 1 atom stereocenters. The first-order valence-electron chi connectivity index (χ1n) is 5.21. The Morgan fingerprint density at radius 3 is 3.20 bits per heavy atom. The lowest BCUT2D eigenvalue weighted by molar-refractivity contribution is 0.0965. The van der Waals surface area contributed by atoms with E-state index in [0.29, 0.717) is 23.6 Å². The first-order chi connectivity index (χ1) is 7.27. The average molecular weight is 205 g/mol. The van der Waals surface area contributed by atoms with Gasteiger partial charge in [0, 0.05) is 24.5 Å². The fraction of sp³-hybridized carbons (Fsp3) is 0.455. The Kier molecular flexibility index (Phi) is 2.97. The molecule has 1 aromatic heterocycles. The normalized spacial score (nSPS) is 20.4. The van der Waals surface area contributed by atoms with Gasteiger partial charge in [-0.2, -0.15) is 0 Å². The summed E-state index contributed by atoms with van der Waals surface area (Å²) in [5.74, 6) is 0.561. The summed E-state index contributed by atoms with van der Waals surface area (Å²) in [5.41, 5.74) is 6.81. The van der Waals surface area contributed by atoms with Crippen LogP contribution in [0.2, 0.25) is 0 Å². The highest BCUT2D eigenvalue weighted by molar-refractivity contribution is 6.00. The fourth-order valence-electron chi connectivity index (χ4n) is 1.90. The third-order valence-electron chi connectivity index (χ3n) is 2.79. The monoisotopic (exact) mass is 205 g/mol. The van der Waals surface area contributed by atoms with Crippen LogP contribution in [0.4, 0.5) is 5.69 Å². The Morgan fingerprint density at radius 2 is 2.53 bits per heavy atom. The molecule has 0 aliphatic carbocycles. The van der Waals surface area contributed by atoms with Gasteiger partial charge in [0.1, 0.15) is 0 Å². The highest BCUT2D eigenvalue weighted by atomic mass is 16.1. The van der Waals surface area contributed by atoms with Gasteiger partial charge >= 0.3 is 0 Å². The van der Waals surface area contributed by atoms with Crippen LogP contribution in [0.25, 0.3) is 0 Å². The Morgan fingerprint density at radius 1 is 1.67 bits per heavy atom. The van der Waals surface area contributed by atoms with Crippen LogP contribution >= 0.6 is 0 Å². The fourth-order valence-corrected chi connectivity index (χ4v) is 1.90. The highest BCUT2D eigenvalue weighted by Gasteiger charge is 2.19. The Hall–Kier alpha value is -1.42. The zero-order valence-electron chi connectivity index (χ0n) is 8.57. The highest BCUT2D eigenvalue weighted by Crippen LogP contribution is 2.18. The van der Waals surface area contributed by atoms with Crippen molar-refractivity contribution in [2.24, 2.45) is 5.92 Å². The van der Waals surface area contributed by atoms with Gasteiger partial charge < -0.3 is 11.1 Å². The van der Waals surface area contributed by atoms with Crippen molar-refractivity contribution in [3.63, 3.8) is 0 Å². The van der Waals surface area contributed by atoms with E-state index in [4.69, 9.17) is 5.73 Å². The molecule has 4 nitrogen and oxygen atoms in total. The van der Waals surface area contributed by atoms with Crippen LogP contribution in [0.5, 0.6) is 0 Å². The molecule has 3 N–H and O–H groups in total. The van der Waals surface area contributed by atoms with Crippen molar-refractivity contribution >= 4 is 11.5 Å². The molecule has 0 spiro atoms.